The standard InChI is InChI=1S/C20H19N3O2/c1-3-25-17-8-9-19-18(10-17)20(15(11-21)13-22-19)23-12-14-4-6-16(24-2)7-5-14/h4-10,13H,3,12H2,1-2H3,(H,22,23). The molecule has 1 N–H and O–H groups in total. The Kier molecular flexibility index (Phi) is 5.00. The number of rotatable bonds is 6. The number of benzene rings is 2. The highest BCUT2D eigenvalue weighted by Gasteiger charge is 2.10. The Morgan fingerprint density at radius 2 is 1.88 bits per heavy atom. The van der Waals surface area contributed by atoms with Gasteiger partial charge in [0.15, 0.2) is 0 Å². The van der Waals surface area contributed by atoms with Crippen LogP contribution >= 0.6 is 0 Å². The number of pyridine rings is 1. The summed E-state index contributed by atoms with van der Waals surface area (Å²) in [5.74, 6) is 1.58. The molecule has 0 aliphatic rings. The zero-order chi connectivity index (χ0) is 17.6. The number of fused-ring (bicyclic) bond motifs is 1. The molecule has 0 spiro atoms. The van der Waals surface area contributed by atoms with E-state index in [9.17, 15) is 5.26 Å². The minimum atomic E-state index is 0.509. The molecule has 2 aromatic carbocycles. The van der Waals surface area contributed by atoms with Crippen LogP contribution in [-0.4, -0.2) is 18.7 Å². The molecule has 0 aliphatic heterocycles. The number of nitriles is 1. The fraction of sp³-hybridized carbons (Fsp3) is 0.200. The molecule has 0 radical (unpaired) electrons. The molecule has 0 fully saturated rings. The monoisotopic (exact) mass is 333 g/mol. The maximum Gasteiger partial charge on any atom is 0.120 e. The SMILES string of the molecule is CCOc1ccc2ncc(C#N)c(NCc3ccc(OC)cc3)c2c1. The zero-order valence-electron chi connectivity index (χ0n) is 14.2. The number of hydrogen-bond donors (Lipinski definition) is 1. The van der Waals surface area contributed by atoms with Gasteiger partial charge in [0.05, 0.1) is 30.5 Å². The summed E-state index contributed by atoms with van der Waals surface area (Å²) in [6, 6.07) is 15.7. The summed E-state index contributed by atoms with van der Waals surface area (Å²) >= 11 is 0. The molecule has 3 aromatic rings. The van der Waals surface area contributed by atoms with Gasteiger partial charge in [-0.2, -0.15) is 5.26 Å². The topological polar surface area (TPSA) is 67.2 Å². The Bertz CT molecular complexity index is 915. The van der Waals surface area contributed by atoms with Crippen LogP contribution in [0.1, 0.15) is 18.1 Å². The second kappa shape index (κ2) is 7.54. The van der Waals surface area contributed by atoms with Gasteiger partial charge in [-0.3, -0.25) is 4.98 Å². The number of methoxy groups -OCH3 is 1. The van der Waals surface area contributed by atoms with E-state index in [-0.39, 0.29) is 0 Å². The van der Waals surface area contributed by atoms with E-state index in [1.165, 1.54) is 0 Å². The summed E-state index contributed by atoms with van der Waals surface area (Å²) in [5.41, 5.74) is 3.19. The average molecular weight is 333 g/mol. The molecule has 0 aliphatic carbocycles. The number of anilines is 1. The Morgan fingerprint density at radius 1 is 1.12 bits per heavy atom. The summed E-state index contributed by atoms with van der Waals surface area (Å²) in [4.78, 5) is 4.36. The summed E-state index contributed by atoms with van der Waals surface area (Å²) in [6.07, 6.45) is 1.60. The smallest absolute Gasteiger partial charge is 0.120 e. The average Bonchev–Trinajstić information content (AvgIpc) is 2.66. The lowest BCUT2D eigenvalue weighted by atomic mass is 10.1. The van der Waals surface area contributed by atoms with Crippen LogP contribution in [0.15, 0.2) is 48.7 Å². The Labute approximate surface area is 146 Å². The van der Waals surface area contributed by atoms with Crippen molar-refractivity contribution in [2.24, 2.45) is 0 Å². The quantitative estimate of drug-likeness (QED) is 0.735. The third-order valence-electron chi connectivity index (χ3n) is 3.90. The molecular weight excluding hydrogens is 314 g/mol. The molecule has 1 heterocycles. The molecule has 126 valence electrons. The van der Waals surface area contributed by atoms with Crippen molar-refractivity contribution >= 4 is 16.6 Å². The first kappa shape index (κ1) is 16.6. The minimum Gasteiger partial charge on any atom is -0.497 e. The van der Waals surface area contributed by atoms with Crippen LogP contribution in [0.2, 0.25) is 0 Å². The van der Waals surface area contributed by atoms with Crippen molar-refractivity contribution < 1.29 is 9.47 Å². The van der Waals surface area contributed by atoms with E-state index >= 15 is 0 Å². The molecule has 25 heavy (non-hydrogen) atoms. The van der Waals surface area contributed by atoms with Crippen LogP contribution in [0.3, 0.4) is 0 Å². The minimum absolute atomic E-state index is 0.509. The second-order valence-electron chi connectivity index (χ2n) is 5.47. The molecular formula is C20H19N3O2. The molecule has 0 bridgehead atoms. The molecule has 3 rings (SSSR count). The van der Waals surface area contributed by atoms with Crippen molar-refractivity contribution in [2.45, 2.75) is 13.5 Å². The molecule has 0 unspecified atom stereocenters. The molecule has 0 amide bonds. The molecule has 1 aromatic heterocycles. The van der Waals surface area contributed by atoms with Crippen LogP contribution in [0.4, 0.5) is 5.69 Å². The van der Waals surface area contributed by atoms with Crippen LogP contribution in [0.5, 0.6) is 11.5 Å². The maximum absolute atomic E-state index is 9.44. The van der Waals surface area contributed by atoms with Gasteiger partial charge >= 0.3 is 0 Å². The molecule has 5 heteroatoms. The van der Waals surface area contributed by atoms with Gasteiger partial charge in [0.2, 0.25) is 0 Å². The van der Waals surface area contributed by atoms with E-state index in [0.29, 0.717) is 18.7 Å². The van der Waals surface area contributed by atoms with Crippen LogP contribution < -0.4 is 14.8 Å². The predicted molar refractivity (Wildman–Crippen MR) is 97.9 cm³/mol. The van der Waals surface area contributed by atoms with Gasteiger partial charge in [-0.15, -0.1) is 0 Å². The third kappa shape index (κ3) is 3.64. The van der Waals surface area contributed by atoms with Gasteiger partial charge in [-0.1, -0.05) is 12.1 Å². The Balaban J connectivity index is 1.94. The highest BCUT2D eigenvalue weighted by Crippen LogP contribution is 2.29. The highest BCUT2D eigenvalue weighted by atomic mass is 16.5. The van der Waals surface area contributed by atoms with E-state index in [1.54, 1.807) is 13.3 Å². The van der Waals surface area contributed by atoms with Crippen LogP contribution in [0.25, 0.3) is 10.9 Å². The fourth-order valence-electron chi connectivity index (χ4n) is 2.64. The van der Waals surface area contributed by atoms with Gasteiger partial charge < -0.3 is 14.8 Å². The van der Waals surface area contributed by atoms with E-state index in [2.05, 4.69) is 16.4 Å². The lowest BCUT2D eigenvalue weighted by Gasteiger charge is -2.13. The van der Waals surface area contributed by atoms with E-state index in [1.807, 2.05) is 49.4 Å². The van der Waals surface area contributed by atoms with Crippen LogP contribution in [0, 0.1) is 11.3 Å². The summed E-state index contributed by atoms with van der Waals surface area (Å²) in [7, 11) is 1.64. The third-order valence-corrected chi connectivity index (χ3v) is 3.90. The zero-order valence-corrected chi connectivity index (χ0v) is 14.2. The summed E-state index contributed by atoms with van der Waals surface area (Å²) < 4.78 is 10.8. The van der Waals surface area contributed by atoms with Crippen molar-refractivity contribution in [3.8, 4) is 17.6 Å². The van der Waals surface area contributed by atoms with E-state index < -0.39 is 0 Å². The molecule has 0 saturated heterocycles. The van der Waals surface area contributed by atoms with Crippen molar-refractivity contribution in [3.05, 3.63) is 59.8 Å². The van der Waals surface area contributed by atoms with Crippen molar-refractivity contribution in [3.63, 3.8) is 0 Å². The number of nitrogens with one attached hydrogen (secondary N) is 1. The van der Waals surface area contributed by atoms with Gasteiger partial charge in [0, 0.05) is 18.1 Å². The lowest BCUT2D eigenvalue weighted by Crippen LogP contribution is -2.03. The van der Waals surface area contributed by atoms with E-state index in [0.717, 1.165) is 33.7 Å². The van der Waals surface area contributed by atoms with Gasteiger partial charge in [-0.25, -0.2) is 0 Å². The van der Waals surface area contributed by atoms with Gasteiger partial charge in [0.1, 0.15) is 17.6 Å². The predicted octanol–water partition coefficient (Wildman–Crippen LogP) is 4.13. The molecule has 0 saturated carbocycles. The Morgan fingerprint density at radius 3 is 2.56 bits per heavy atom. The van der Waals surface area contributed by atoms with Gasteiger partial charge in [-0.05, 0) is 42.8 Å². The first-order valence-corrected chi connectivity index (χ1v) is 8.07. The van der Waals surface area contributed by atoms with Crippen molar-refractivity contribution in [1.82, 2.24) is 4.98 Å². The number of aromatic nitrogens is 1. The first-order chi connectivity index (χ1) is 12.2. The maximum atomic E-state index is 9.44. The lowest BCUT2D eigenvalue weighted by molar-refractivity contribution is 0.340. The number of nitrogens with zero attached hydrogens (tertiary/aromatic N) is 2. The molecule has 0 atom stereocenters. The largest absolute Gasteiger partial charge is 0.497 e. The van der Waals surface area contributed by atoms with Crippen LogP contribution in [-0.2, 0) is 6.54 Å². The summed E-state index contributed by atoms with van der Waals surface area (Å²) in [5, 5.41) is 13.7. The van der Waals surface area contributed by atoms with Gasteiger partial charge in [0.25, 0.3) is 0 Å². The molecule has 5 nitrogen and oxygen atoms in total. The summed E-state index contributed by atoms with van der Waals surface area (Å²) in [6.45, 7) is 3.12. The first-order valence-electron chi connectivity index (χ1n) is 8.07. The second-order valence-corrected chi connectivity index (χ2v) is 5.47. The normalized spacial score (nSPS) is 10.3. The number of hydrogen-bond acceptors (Lipinski definition) is 5. The van der Waals surface area contributed by atoms with Crippen molar-refractivity contribution in [1.29, 1.82) is 5.26 Å². The Hall–Kier alpha value is -3.26. The van der Waals surface area contributed by atoms with E-state index in [4.69, 9.17) is 9.47 Å². The fourth-order valence-corrected chi connectivity index (χ4v) is 2.64. The number of ether oxygens (including phenoxy) is 2. The highest BCUT2D eigenvalue weighted by molar-refractivity contribution is 5.94. The van der Waals surface area contributed by atoms with Crippen molar-refractivity contribution in [2.75, 3.05) is 19.0 Å².